The second kappa shape index (κ2) is 8.35. The lowest BCUT2D eigenvalue weighted by molar-refractivity contribution is -0.118. The number of hydrogen-bond donors (Lipinski definition) is 2. The van der Waals surface area contributed by atoms with Crippen LogP contribution in [0.2, 0.25) is 0 Å². The monoisotopic (exact) mass is 371 g/mol. The molecule has 1 aliphatic heterocycles. The average molecular weight is 371 g/mol. The summed E-state index contributed by atoms with van der Waals surface area (Å²) >= 11 is 0. The number of nitrogens with one attached hydrogen (secondary N) is 1. The van der Waals surface area contributed by atoms with Crippen molar-refractivity contribution in [3.63, 3.8) is 0 Å². The number of primary amides is 1. The first-order valence-electron chi connectivity index (χ1n) is 9.26. The topological polar surface area (TPSA) is 106 Å². The minimum Gasteiger partial charge on any atom is -0.423 e. The molecule has 1 atom stereocenters. The zero-order valence-electron chi connectivity index (χ0n) is 15.5. The number of likely N-dealkylation sites (tertiary alicyclic amines) is 1. The maximum atomic E-state index is 12.0. The van der Waals surface area contributed by atoms with E-state index in [-0.39, 0.29) is 11.8 Å². The SMILES string of the molecule is CC(=O)Nc1ccc2c(CN3CCCC(CCC(N)=O)C3)cc(=O)oc2c1. The van der Waals surface area contributed by atoms with Gasteiger partial charge in [-0.25, -0.2) is 4.79 Å². The first kappa shape index (κ1) is 19.1. The molecule has 0 saturated carbocycles. The van der Waals surface area contributed by atoms with Crippen LogP contribution >= 0.6 is 0 Å². The van der Waals surface area contributed by atoms with Crippen LogP contribution in [0.5, 0.6) is 0 Å². The van der Waals surface area contributed by atoms with Crippen LogP contribution in [-0.4, -0.2) is 29.8 Å². The van der Waals surface area contributed by atoms with E-state index >= 15 is 0 Å². The molecule has 0 spiro atoms. The van der Waals surface area contributed by atoms with Gasteiger partial charge in [0.15, 0.2) is 0 Å². The van der Waals surface area contributed by atoms with E-state index in [1.165, 1.54) is 13.0 Å². The van der Waals surface area contributed by atoms with E-state index in [4.69, 9.17) is 10.2 Å². The van der Waals surface area contributed by atoms with Gasteiger partial charge in [0, 0.05) is 49.6 Å². The Bertz CT molecular complexity index is 906. The fraction of sp³-hybridized carbons (Fsp3) is 0.450. The van der Waals surface area contributed by atoms with Crippen LogP contribution in [0.25, 0.3) is 11.0 Å². The van der Waals surface area contributed by atoms with Crippen LogP contribution in [0.3, 0.4) is 0 Å². The standard InChI is InChI=1S/C20H25N3O4/c1-13(24)22-16-5-6-17-15(9-20(26)27-18(17)10-16)12-23-8-2-3-14(11-23)4-7-19(21)25/h5-6,9-10,14H,2-4,7-8,11-12H2,1H3,(H2,21,25)(H,22,24). The molecule has 3 rings (SSSR count). The highest BCUT2D eigenvalue weighted by Gasteiger charge is 2.21. The zero-order chi connectivity index (χ0) is 19.4. The summed E-state index contributed by atoms with van der Waals surface area (Å²) in [6.07, 6.45) is 3.39. The molecular formula is C20H25N3O4. The highest BCUT2D eigenvalue weighted by atomic mass is 16.4. The van der Waals surface area contributed by atoms with E-state index < -0.39 is 5.63 Å². The molecule has 7 heteroatoms. The Morgan fingerprint density at radius 2 is 2.15 bits per heavy atom. The van der Waals surface area contributed by atoms with Gasteiger partial charge < -0.3 is 15.5 Å². The Morgan fingerprint density at radius 1 is 1.33 bits per heavy atom. The Labute approximate surface area is 157 Å². The Hall–Kier alpha value is -2.67. The zero-order valence-corrected chi connectivity index (χ0v) is 15.5. The molecule has 2 heterocycles. The third-order valence-electron chi connectivity index (χ3n) is 4.95. The van der Waals surface area contributed by atoms with Crippen molar-refractivity contribution in [1.29, 1.82) is 0 Å². The summed E-state index contributed by atoms with van der Waals surface area (Å²) in [5.41, 5.74) is 6.83. The molecule has 27 heavy (non-hydrogen) atoms. The van der Waals surface area contributed by atoms with Gasteiger partial charge in [0.05, 0.1) is 0 Å². The predicted molar refractivity (Wildman–Crippen MR) is 103 cm³/mol. The normalized spacial score (nSPS) is 17.7. The molecule has 1 aliphatic rings. The molecule has 2 amide bonds. The van der Waals surface area contributed by atoms with Gasteiger partial charge in [-0.15, -0.1) is 0 Å². The quantitative estimate of drug-likeness (QED) is 0.758. The molecule has 1 aromatic carbocycles. The van der Waals surface area contributed by atoms with Gasteiger partial charge in [-0.3, -0.25) is 14.5 Å². The third-order valence-corrected chi connectivity index (χ3v) is 4.95. The van der Waals surface area contributed by atoms with Crippen LogP contribution in [-0.2, 0) is 16.1 Å². The smallest absolute Gasteiger partial charge is 0.336 e. The Morgan fingerprint density at radius 3 is 2.89 bits per heavy atom. The van der Waals surface area contributed by atoms with Gasteiger partial charge in [0.1, 0.15) is 5.58 Å². The minimum atomic E-state index is -0.403. The van der Waals surface area contributed by atoms with E-state index in [1.54, 1.807) is 12.1 Å². The number of fused-ring (bicyclic) bond motifs is 1. The number of hydrogen-bond acceptors (Lipinski definition) is 5. The van der Waals surface area contributed by atoms with Crippen LogP contribution in [0, 0.1) is 5.92 Å². The van der Waals surface area contributed by atoms with Crippen molar-refractivity contribution in [3.05, 3.63) is 40.2 Å². The number of nitrogens with zero attached hydrogens (tertiary/aromatic N) is 1. The number of carbonyl (C=O) groups excluding carboxylic acids is 2. The maximum absolute atomic E-state index is 12.0. The van der Waals surface area contributed by atoms with Crippen LogP contribution in [0.15, 0.2) is 33.5 Å². The summed E-state index contributed by atoms with van der Waals surface area (Å²) in [5.74, 6) is 0.0148. The summed E-state index contributed by atoms with van der Waals surface area (Å²) in [4.78, 5) is 36.6. The second-order valence-corrected chi connectivity index (χ2v) is 7.23. The van der Waals surface area contributed by atoms with E-state index in [0.29, 0.717) is 30.2 Å². The summed E-state index contributed by atoms with van der Waals surface area (Å²) in [6, 6.07) is 6.88. The van der Waals surface area contributed by atoms with Gasteiger partial charge in [-0.1, -0.05) is 0 Å². The van der Waals surface area contributed by atoms with E-state index in [2.05, 4.69) is 10.2 Å². The molecule has 1 saturated heterocycles. The summed E-state index contributed by atoms with van der Waals surface area (Å²) in [7, 11) is 0. The van der Waals surface area contributed by atoms with Gasteiger partial charge in [-0.05, 0) is 49.4 Å². The van der Waals surface area contributed by atoms with E-state index in [9.17, 15) is 14.4 Å². The maximum Gasteiger partial charge on any atom is 0.336 e. The average Bonchev–Trinajstić information content (AvgIpc) is 2.59. The van der Waals surface area contributed by atoms with Crippen LogP contribution < -0.4 is 16.7 Å². The van der Waals surface area contributed by atoms with Crippen molar-refractivity contribution in [3.8, 4) is 0 Å². The van der Waals surface area contributed by atoms with Crippen molar-refractivity contribution in [2.45, 2.75) is 39.2 Å². The van der Waals surface area contributed by atoms with Crippen LogP contribution in [0.4, 0.5) is 5.69 Å². The molecule has 0 radical (unpaired) electrons. The summed E-state index contributed by atoms with van der Waals surface area (Å²) in [6.45, 7) is 3.92. The minimum absolute atomic E-state index is 0.178. The Kier molecular flexibility index (Phi) is 5.91. The number of rotatable bonds is 6. The summed E-state index contributed by atoms with van der Waals surface area (Å²) in [5, 5.41) is 3.56. The molecule has 1 aromatic heterocycles. The van der Waals surface area contributed by atoms with Gasteiger partial charge >= 0.3 is 5.63 Å². The second-order valence-electron chi connectivity index (χ2n) is 7.23. The predicted octanol–water partition coefficient (Wildman–Crippen LogP) is 2.23. The van der Waals surface area contributed by atoms with Crippen molar-refractivity contribution in [2.75, 3.05) is 18.4 Å². The van der Waals surface area contributed by atoms with Gasteiger partial charge in [0.25, 0.3) is 0 Å². The number of benzene rings is 1. The largest absolute Gasteiger partial charge is 0.423 e. The lowest BCUT2D eigenvalue weighted by Crippen LogP contribution is -2.35. The number of carbonyl (C=O) groups is 2. The summed E-state index contributed by atoms with van der Waals surface area (Å²) < 4.78 is 5.32. The molecule has 144 valence electrons. The molecule has 1 unspecified atom stereocenters. The van der Waals surface area contributed by atoms with Gasteiger partial charge in [-0.2, -0.15) is 0 Å². The number of nitrogens with two attached hydrogens (primary N) is 1. The van der Waals surface area contributed by atoms with E-state index in [1.807, 2.05) is 6.07 Å². The van der Waals surface area contributed by atoms with Crippen LogP contribution in [0.1, 0.15) is 38.2 Å². The third kappa shape index (κ3) is 5.17. The van der Waals surface area contributed by atoms with E-state index in [0.717, 1.165) is 43.3 Å². The molecule has 1 fully saturated rings. The highest BCUT2D eigenvalue weighted by molar-refractivity contribution is 5.92. The molecule has 7 nitrogen and oxygen atoms in total. The molecular weight excluding hydrogens is 346 g/mol. The first-order valence-corrected chi connectivity index (χ1v) is 9.26. The lowest BCUT2D eigenvalue weighted by Gasteiger charge is -2.32. The number of anilines is 1. The highest BCUT2D eigenvalue weighted by Crippen LogP contribution is 2.26. The molecule has 0 aliphatic carbocycles. The first-order chi connectivity index (χ1) is 12.9. The van der Waals surface area contributed by atoms with Gasteiger partial charge in [0.2, 0.25) is 11.8 Å². The number of piperidine rings is 1. The van der Waals surface area contributed by atoms with Crippen molar-refractivity contribution in [2.24, 2.45) is 11.7 Å². The molecule has 0 bridgehead atoms. The van der Waals surface area contributed by atoms with Crippen molar-refractivity contribution in [1.82, 2.24) is 4.90 Å². The fourth-order valence-electron chi connectivity index (χ4n) is 3.76. The number of amides is 2. The molecule has 2 aromatic rings. The van der Waals surface area contributed by atoms with Crippen molar-refractivity contribution >= 4 is 28.5 Å². The Balaban J connectivity index is 1.78. The lowest BCUT2D eigenvalue weighted by atomic mass is 9.93. The fourth-order valence-corrected chi connectivity index (χ4v) is 3.76. The molecule has 3 N–H and O–H groups in total. The van der Waals surface area contributed by atoms with Crippen molar-refractivity contribution < 1.29 is 14.0 Å².